The maximum atomic E-state index is 11.4. The first-order valence-electron chi connectivity index (χ1n) is 4.42. The van der Waals surface area contributed by atoms with Crippen LogP contribution in [0.3, 0.4) is 0 Å². The van der Waals surface area contributed by atoms with Crippen LogP contribution in [-0.4, -0.2) is 40.9 Å². The molecule has 1 saturated heterocycles. The Bertz CT molecular complexity index is 193. The Morgan fingerprint density at radius 3 is 2.92 bits per heavy atom. The van der Waals surface area contributed by atoms with Gasteiger partial charge in [-0.25, -0.2) is 0 Å². The summed E-state index contributed by atoms with van der Waals surface area (Å²) < 4.78 is 0. The van der Waals surface area contributed by atoms with Crippen molar-refractivity contribution >= 4 is 17.7 Å². The van der Waals surface area contributed by atoms with E-state index in [4.69, 9.17) is 5.73 Å². The topological polar surface area (TPSA) is 46.3 Å². The largest absolute Gasteiger partial charge is 0.338 e. The molecule has 2 fully saturated rings. The minimum absolute atomic E-state index is 0.312. The molecule has 0 radical (unpaired) electrons. The van der Waals surface area contributed by atoms with E-state index in [1.54, 1.807) is 11.8 Å². The van der Waals surface area contributed by atoms with Crippen LogP contribution in [0, 0.1) is 0 Å². The number of rotatable bonds is 2. The van der Waals surface area contributed by atoms with Crippen LogP contribution in [0.1, 0.15) is 12.8 Å². The number of nitrogens with two attached hydrogens (primary N) is 1. The Hall–Kier alpha value is -0.220. The fraction of sp³-hybridized carbons (Fsp3) is 0.875. The van der Waals surface area contributed by atoms with Gasteiger partial charge >= 0.3 is 0 Å². The van der Waals surface area contributed by atoms with Crippen LogP contribution in [0.15, 0.2) is 0 Å². The van der Waals surface area contributed by atoms with Crippen LogP contribution in [0.5, 0.6) is 0 Å². The molecule has 0 bridgehead atoms. The van der Waals surface area contributed by atoms with E-state index in [0.717, 1.165) is 6.54 Å². The van der Waals surface area contributed by atoms with Gasteiger partial charge < -0.3 is 10.6 Å². The van der Waals surface area contributed by atoms with Crippen molar-refractivity contribution in [1.29, 1.82) is 0 Å². The quantitative estimate of drug-likeness (QED) is 0.663. The maximum absolute atomic E-state index is 11.4. The van der Waals surface area contributed by atoms with Crippen molar-refractivity contribution < 1.29 is 4.79 Å². The lowest BCUT2D eigenvalue weighted by Gasteiger charge is -2.31. The molecule has 2 N–H and O–H groups in total. The van der Waals surface area contributed by atoms with E-state index < -0.39 is 0 Å². The van der Waals surface area contributed by atoms with Gasteiger partial charge in [-0.05, 0) is 12.8 Å². The van der Waals surface area contributed by atoms with E-state index in [9.17, 15) is 4.79 Å². The van der Waals surface area contributed by atoms with Crippen molar-refractivity contribution in [1.82, 2.24) is 4.90 Å². The summed E-state index contributed by atoms with van der Waals surface area (Å²) in [6.45, 7) is 1.58. The molecule has 12 heavy (non-hydrogen) atoms. The van der Waals surface area contributed by atoms with Crippen LogP contribution in [0.4, 0.5) is 0 Å². The molecular weight excluding hydrogens is 172 g/mol. The number of carbonyl (C=O) groups is 1. The summed E-state index contributed by atoms with van der Waals surface area (Å²) in [4.78, 5) is 13.4. The number of amides is 1. The summed E-state index contributed by atoms with van der Waals surface area (Å²) in [5.41, 5.74) is 5.57. The van der Waals surface area contributed by atoms with Gasteiger partial charge in [0.1, 0.15) is 0 Å². The van der Waals surface area contributed by atoms with Crippen molar-refractivity contribution in [3.8, 4) is 0 Å². The van der Waals surface area contributed by atoms with Crippen molar-refractivity contribution in [3.63, 3.8) is 0 Å². The molecule has 0 aromatic heterocycles. The number of carbonyl (C=O) groups excluding carboxylic acids is 1. The molecule has 2 aliphatic rings. The Labute approximate surface area is 76.7 Å². The maximum Gasteiger partial charge on any atom is 0.232 e. The second-order valence-corrected chi connectivity index (χ2v) is 4.73. The van der Waals surface area contributed by atoms with E-state index in [1.165, 1.54) is 12.8 Å². The number of hydrogen-bond donors (Lipinski definition) is 1. The molecule has 68 valence electrons. The molecule has 1 unspecified atom stereocenters. The van der Waals surface area contributed by atoms with Gasteiger partial charge in [-0.2, -0.15) is 0 Å². The highest BCUT2D eigenvalue weighted by Gasteiger charge is 2.36. The third-order valence-electron chi connectivity index (χ3n) is 2.41. The Morgan fingerprint density at radius 1 is 1.58 bits per heavy atom. The first-order chi connectivity index (χ1) is 5.81. The average molecular weight is 186 g/mol. The standard InChI is InChI=1S/C8H14N2OS/c9-3-7-4-10(6-1-2-6)8(11)5-12-7/h6-7H,1-5,9H2. The Morgan fingerprint density at radius 2 is 2.33 bits per heavy atom. The summed E-state index contributed by atoms with van der Waals surface area (Å²) in [5.74, 6) is 0.949. The predicted octanol–water partition coefficient (Wildman–Crippen LogP) is 0.0515. The van der Waals surface area contributed by atoms with E-state index in [2.05, 4.69) is 0 Å². The van der Waals surface area contributed by atoms with Gasteiger partial charge in [0, 0.05) is 24.4 Å². The molecule has 1 amide bonds. The minimum atomic E-state index is 0.312. The van der Waals surface area contributed by atoms with Gasteiger partial charge in [0.25, 0.3) is 0 Å². The summed E-state index contributed by atoms with van der Waals surface area (Å²) in [7, 11) is 0. The van der Waals surface area contributed by atoms with E-state index in [1.807, 2.05) is 4.90 Å². The first kappa shape index (κ1) is 8.38. The predicted molar refractivity (Wildman–Crippen MR) is 50.0 cm³/mol. The fourth-order valence-electron chi connectivity index (χ4n) is 1.53. The molecule has 0 spiro atoms. The molecule has 1 atom stereocenters. The Balaban J connectivity index is 1.94. The van der Waals surface area contributed by atoms with Crippen molar-refractivity contribution in [3.05, 3.63) is 0 Å². The van der Waals surface area contributed by atoms with Gasteiger partial charge in [-0.1, -0.05) is 0 Å². The molecular formula is C8H14N2OS. The van der Waals surface area contributed by atoms with Crippen LogP contribution in [-0.2, 0) is 4.79 Å². The Kier molecular flexibility index (Phi) is 2.28. The third kappa shape index (κ3) is 1.59. The molecule has 0 aromatic carbocycles. The van der Waals surface area contributed by atoms with Crippen molar-refractivity contribution in [2.75, 3.05) is 18.8 Å². The molecule has 2 rings (SSSR count). The van der Waals surface area contributed by atoms with Gasteiger partial charge in [-0.3, -0.25) is 4.79 Å². The zero-order chi connectivity index (χ0) is 8.55. The van der Waals surface area contributed by atoms with Crippen molar-refractivity contribution in [2.45, 2.75) is 24.1 Å². The smallest absolute Gasteiger partial charge is 0.232 e. The number of hydrogen-bond acceptors (Lipinski definition) is 3. The average Bonchev–Trinajstić information content (AvgIpc) is 2.88. The van der Waals surface area contributed by atoms with Crippen molar-refractivity contribution in [2.24, 2.45) is 5.73 Å². The highest BCUT2D eigenvalue weighted by molar-refractivity contribution is 8.00. The summed E-state index contributed by atoms with van der Waals surface area (Å²) in [6.07, 6.45) is 2.40. The van der Waals surface area contributed by atoms with E-state index in [0.29, 0.717) is 29.5 Å². The zero-order valence-electron chi connectivity index (χ0n) is 7.03. The molecule has 1 heterocycles. The minimum Gasteiger partial charge on any atom is -0.338 e. The third-order valence-corrected chi connectivity index (χ3v) is 3.64. The molecule has 1 aliphatic heterocycles. The summed E-state index contributed by atoms with van der Waals surface area (Å²) in [6, 6.07) is 0.562. The first-order valence-corrected chi connectivity index (χ1v) is 5.47. The second-order valence-electron chi connectivity index (χ2n) is 3.45. The van der Waals surface area contributed by atoms with E-state index in [-0.39, 0.29) is 0 Å². The lowest BCUT2D eigenvalue weighted by Crippen LogP contribution is -2.45. The second kappa shape index (κ2) is 3.26. The number of nitrogens with zero attached hydrogens (tertiary/aromatic N) is 1. The van der Waals surface area contributed by atoms with Crippen LogP contribution >= 0.6 is 11.8 Å². The summed E-state index contributed by atoms with van der Waals surface area (Å²) >= 11 is 1.70. The molecule has 4 heteroatoms. The molecule has 1 saturated carbocycles. The van der Waals surface area contributed by atoms with Crippen LogP contribution < -0.4 is 5.73 Å². The summed E-state index contributed by atoms with van der Waals surface area (Å²) in [5, 5.41) is 0.475. The molecule has 3 nitrogen and oxygen atoms in total. The van der Waals surface area contributed by atoms with Crippen LogP contribution in [0.2, 0.25) is 0 Å². The SMILES string of the molecule is NCC1CN(C2CC2)C(=O)CS1. The lowest BCUT2D eigenvalue weighted by molar-refractivity contribution is -0.129. The monoisotopic (exact) mass is 186 g/mol. The lowest BCUT2D eigenvalue weighted by atomic mass is 10.3. The van der Waals surface area contributed by atoms with Gasteiger partial charge in [0.2, 0.25) is 5.91 Å². The molecule has 1 aliphatic carbocycles. The fourth-order valence-corrected chi connectivity index (χ4v) is 2.47. The van der Waals surface area contributed by atoms with Gasteiger partial charge in [0.05, 0.1) is 5.75 Å². The number of thioether (sulfide) groups is 1. The van der Waals surface area contributed by atoms with E-state index >= 15 is 0 Å². The normalized spacial score (nSPS) is 30.9. The van der Waals surface area contributed by atoms with Crippen LogP contribution in [0.25, 0.3) is 0 Å². The highest BCUT2D eigenvalue weighted by Crippen LogP contribution is 2.31. The zero-order valence-corrected chi connectivity index (χ0v) is 7.85. The molecule has 0 aromatic rings. The van der Waals surface area contributed by atoms with Gasteiger partial charge in [0.15, 0.2) is 0 Å². The highest BCUT2D eigenvalue weighted by atomic mass is 32.2. The van der Waals surface area contributed by atoms with Gasteiger partial charge in [-0.15, -0.1) is 11.8 Å².